The van der Waals surface area contributed by atoms with Crippen LogP contribution in [0, 0.1) is 17.0 Å². The zero-order valence-electron chi connectivity index (χ0n) is 15.5. The highest BCUT2D eigenvalue weighted by Gasteiger charge is 2.48. The molecule has 2 N–H and O–H groups in total. The minimum absolute atomic E-state index is 0.204. The second kappa shape index (κ2) is 6.61. The number of nitrogens with one attached hydrogen (secondary N) is 2. The molecule has 1 heterocycles. The molecule has 148 valence electrons. The monoisotopic (exact) mass is 393 g/mol. The molecule has 0 aliphatic carbocycles. The zero-order chi connectivity index (χ0) is 20.9. The summed E-state index contributed by atoms with van der Waals surface area (Å²) < 4.78 is 54.3. The quantitative estimate of drug-likeness (QED) is 0.773. The van der Waals surface area contributed by atoms with Crippen LogP contribution < -0.4 is 5.32 Å². The number of nitrogens with zero attached hydrogens (tertiary/aromatic N) is 1. The van der Waals surface area contributed by atoms with Gasteiger partial charge in [-0.15, -0.1) is 0 Å². The van der Waals surface area contributed by atoms with Gasteiger partial charge in [0.2, 0.25) is 5.91 Å². The van der Waals surface area contributed by atoms with Crippen LogP contribution in [-0.2, 0) is 16.3 Å². The molecule has 0 spiro atoms. The molecule has 3 rings (SSSR count). The summed E-state index contributed by atoms with van der Waals surface area (Å²) in [6.45, 7) is 2.36. The minimum atomic E-state index is -3.03. The summed E-state index contributed by atoms with van der Waals surface area (Å²) in [7, 11) is 1.41. The molecule has 0 radical (unpaired) electrons. The van der Waals surface area contributed by atoms with Gasteiger partial charge in [-0.2, -0.15) is 0 Å². The summed E-state index contributed by atoms with van der Waals surface area (Å²) in [5, 5.41) is 10.9. The largest absolute Gasteiger partial charge is 0.346 e. The van der Waals surface area contributed by atoms with Crippen molar-refractivity contribution in [3.8, 4) is 0 Å². The maximum Gasteiger partial charge on any atom is 0.270 e. The lowest BCUT2D eigenvalue weighted by atomic mass is 9.73. The Bertz CT molecular complexity index is 939. The number of carbonyl (C=O) groups excluding carboxylic acids is 1. The third-order valence-electron chi connectivity index (χ3n) is 5.14. The second-order valence-corrected chi connectivity index (χ2v) is 7.15. The molecule has 1 aliphatic heterocycles. The van der Waals surface area contributed by atoms with Crippen molar-refractivity contribution in [2.75, 3.05) is 7.05 Å². The van der Waals surface area contributed by atoms with E-state index in [1.165, 1.54) is 37.4 Å². The molecule has 0 unspecified atom stereocenters. The average Bonchev–Trinajstić information content (AvgIpc) is 2.62. The minimum Gasteiger partial charge on any atom is -0.346 e. The number of halogens is 4. The Kier molecular flexibility index (Phi) is 4.69. The molecular weight excluding hydrogens is 374 g/mol. The van der Waals surface area contributed by atoms with Crippen molar-refractivity contribution in [1.82, 2.24) is 10.2 Å². The van der Waals surface area contributed by atoms with Crippen LogP contribution in [0.4, 0.5) is 17.6 Å². The molecule has 1 fully saturated rings. The van der Waals surface area contributed by atoms with Crippen molar-refractivity contribution in [2.45, 2.75) is 31.2 Å². The number of hydrogen-bond acceptors (Lipinski definition) is 2. The fraction of sp³-hybridized carbons (Fsp3) is 0.300. The zero-order valence-corrected chi connectivity index (χ0v) is 15.5. The molecule has 28 heavy (non-hydrogen) atoms. The maximum absolute atomic E-state index is 13.9. The van der Waals surface area contributed by atoms with Crippen molar-refractivity contribution in [3.05, 3.63) is 70.8 Å². The molecular formula is C20H19F4N3O. The van der Waals surface area contributed by atoms with E-state index in [4.69, 9.17) is 5.41 Å². The van der Waals surface area contributed by atoms with Gasteiger partial charge in [0.05, 0.1) is 11.5 Å². The molecule has 1 saturated heterocycles. The van der Waals surface area contributed by atoms with Gasteiger partial charge in [-0.1, -0.05) is 30.3 Å². The van der Waals surface area contributed by atoms with Gasteiger partial charge in [0.15, 0.2) is 17.6 Å². The SMILES string of the molecule is CN1C(=N)N[C@](C)(c2ccc(F)c(F)c2)[C@@H](c2ccc(C(C)(F)F)cc2)C1=O. The van der Waals surface area contributed by atoms with Crippen LogP contribution in [0.5, 0.6) is 0 Å². The normalized spacial score (nSPS) is 23.0. The van der Waals surface area contributed by atoms with E-state index in [-0.39, 0.29) is 17.1 Å². The topological polar surface area (TPSA) is 56.2 Å². The van der Waals surface area contributed by atoms with Gasteiger partial charge in [0.1, 0.15) is 0 Å². The van der Waals surface area contributed by atoms with Crippen molar-refractivity contribution < 1.29 is 22.4 Å². The predicted octanol–water partition coefficient (Wildman–Crippen LogP) is 4.07. The summed E-state index contributed by atoms with van der Waals surface area (Å²) in [6.07, 6.45) is 0. The Morgan fingerprint density at radius 3 is 2.25 bits per heavy atom. The summed E-state index contributed by atoms with van der Waals surface area (Å²) in [5.41, 5.74) is -0.821. The standard InChI is InChI=1S/C20H19F4N3O/c1-19(13-8-9-14(21)15(22)10-13)16(17(28)27(3)18(25)26-19)11-4-6-12(7-5-11)20(2,23)24/h4-10,16H,1-3H3,(H2,25,26)/t16-,19+/m0/s1. The smallest absolute Gasteiger partial charge is 0.270 e. The first-order valence-electron chi connectivity index (χ1n) is 8.53. The lowest BCUT2D eigenvalue weighted by Crippen LogP contribution is -2.62. The molecule has 0 aromatic heterocycles. The number of hydrogen-bond donors (Lipinski definition) is 2. The number of benzene rings is 2. The van der Waals surface area contributed by atoms with Crippen LogP contribution in [-0.4, -0.2) is 23.8 Å². The van der Waals surface area contributed by atoms with Crippen LogP contribution in [0.3, 0.4) is 0 Å². The number of guanidine groups is 1. The Labute approximate surface area is 159 Å². The first kappa shape index (κ1) is 19.9. The molecule has 1 amide bonds. The van der Waals surface area contributed by atoms with Crippen LogP contribution in [0.1, 0.15) is 36.5 Å². The van der Waals surface area contributed by atoms with Gasteiger partial charge in [0.25, 0.3) is 5.92 Å². The van der Waals surface area contributed by atoms with E-state index in [1.54, 1.807) is 6.92 Å². The fourth-order valence-corrected chi connectivity index (χ4v) is 3.45. The Balaban J connectivity index is 2.14. The van der Waals surface area contributed by atoms with Gasteiger partial charge < -0.3 is 5.32 Å². The molecule has 4 nitrogen and oxygen atoms in total. The predicted molar refractivity (Wildman–Crippen MR) is 96.1 cm³/mol. The van der Waals surface area contributed by atoms with Gasteiger partial charge in [-0.3, -0.25) is 15.1 Å². The van der Waals surface area contributed by atoms with Crippen LogP contribution in [0.2, 0.25) is 0 Å². The summed E-state index contributed by atoms with van der Waals surface area (Å²) >= 11 is 0. The molecule has 1 aliphatic rings. The van der Waals surface area contributed by atoms with E-state index in [1.807, 2.05) is 0 Å². The Morgan fingerprint density at radius 2 is 1.71 bits per heavy atom. The lowest BCUT2D eigenvalue weighted by Gasteiger charge is -2.46. The molecule has 2 atom stereocenters. The lowest BCUT2D eigenvalue weighted by molar-refractivity contribution is -0.131. The first-order chi connectivity index (χ1) is 12.9. The van der Waals surface area contributed by atoms with Crippen molar-refractivity contribution in [1.29, 1.82) is 5.41 Å². The van der Waals surface area contributed by atoms with E-state index in [2.05, 4.69) is 5.32 Å². The highest BCUT2D eigenvalue weighted by Crippen LogP contribution is 2.41. The van der Waals surface area contributed by atoms with Crippen molar-refractivity contribution in [2.24, 2.45) is 0 Å². The van der Waals surface area contributed by atoms with Crippen LogP contribution in [0.25, 0.3) is 0 Å². The first-order valence-corrected chi connectivity index (χ1v) is 8.53. The summed E-state index contributed by atoms with van der Waals surface area (Å²) in [6, 6.07) is 8.54. The number of amides is 1. The molecule has 0 saturated carbocycles. The van der Waals surface area contributed by atoms with Gasteiger partial charge in [-0.05, 0) is 30.2 Å². The summed E-state index contributed by atoms with van der Waals surface area (Å²) in [4.78, 5) is 14.1. The average molecular weight is 393 g/mol. The van der Waals surface area contributed by atoms with E-state index in [9.17, 15) is 22.4 Å². The van der Waals surface area contributed by atoms with Gasteiger partial charge in [-0.25, -0.2) is 17.6 Å². The van der Waals surface area contributed by atoms with E-state index < -0.39 is 34.9 Å². The van der Waals surface area contributed by atoms with E-state index >= 15 is 0 Å². The van der Waals surface area contributed by atoms with Crippen molar-refractivity contribution >= 4 is 11.9 Å². The fourth-order valence-electron chi connectivity index (χ4n) is 3.45. The second-order valence-electron chi connectivity index (χ2n) is 7.15. The third-order valence-corrected chi connectivity index (χ3v) is 5.14. The van der Waals surface area contributed by atoms with Crippen LogP contribution in [0.15, 0.2) is 42.5 Å². The van der Waals surface area contributed by atoms with Gasteiger partial charge in [0, 0.05) is 19.5 Å². The van der Waals surface area contributed by atoms with Gasteiger partial charge >= 0.3 is 0 Å². The molecule has 0 bridgehead atoms. The molecule has 2 aromatic carbocycles. The molecule has 8 heteroatoms. The number of carbonyl (C=O) groups is 1. The third kappa shape index (κ3) is 3.23. The Hall–Kier alpha value is -2.90. The van der Waals surface area contributed by atoms with E-state index in [0.29, 0.717) is 5.56 Å². The van der Waals surface area contributed by atoms with E-state index in [0.717, 1.165) is 24.0 Å². The number of rotatable bonds is 3. The highest BCUT2D eigenvalue weighted by molar-refractivity contribution is 6.02. The highest BCUT2D eigenvalue weighted by atomic mass is 19.3. The summed E-state index contributed by atoms with van der Waals surface area (Å²) in [5.74, 6) is -6.77. The van der Waals surface area contributed by atoms with Crippen LogP contribution >= 0.6 is 0 Å². The maximum atomic E-state index is 13.9. The van der Waals surface area contributed by atoms with Crippen molar-refractivity contribution in [3.63, 3.8) is 0 Å². The number of likely N-dealkylation sites (N-methyl/N-ethyl adjacent to an activating group) is 1. The number of alkyl halides is 2. The Morgan fingerprint density at radius 1 is 1.11 bits per heavy atom. The molecule has 2 aromatic rings.